The quantitative estimate of drug-likeness (QED) is 0.716. The molecule has 2 aromatic rings. The third kappa shape index (κ3) is 4.78. The predicted molar refractivity (Wildman–Crippen MR) is 107 cm³/mol. The summed E-state index contributed by atoms with van der Waals surface area (Å²) in [6.07, 6.45) is 1.72. The molecule has 0 bridgehead atoms. The van der Waals surface area contributed by atoms with Crippen molar-refractivity contribution in [2.45, 2.75) is 6.92 Å². The van der Waals surface area contributed by atoms with Crippen LogP contribution in [0.2, 0.25) is 0 Å². The average Bonchev–Trinajstić information content (AvgIpc) is 3.26. The standard InChI is InChI=1S/C19H18N2O4S2/c1-2-25-14-7-5-13(6-8-14)17(22)20-9-10-21-18(23)16(27-19(21)24)12-15-4-3-11-26-15/h3-8,11-12H,2,9-10H2,1H3,(H,20,22). The lowest BCUT2D eigenvalue weighted by Gasteiger charge is -2.13. The number of amides is 3. The average molecular weight is 402 g/mol. The Bertz CT molecular complexity index is 860. The number of carbonyl (C=O) groups excluding carboxylic acids is 3. The highest BCUT2D eigenvalue weighted by molar-refractivity contribution is 8.18. The van der Waals surface area contributed by atoms with Crippen LogP contribution in [0.3, 0.4) is 0 Å². The summed E-state index contributed by atoms with van der Waals surface area (Å²) in [5.74, 6) is 0.109. The largest absolute Gasteiger partial charge is 0.494 e. The molecule has 1 aromatic carbocycles. The molecule has 1 N–H and O–H groups in total. The van der Waals surface area contributed by atoms with Gasteiger partial charge >= 0.3 is 0 Å². The number of thiophene rings is 1. The Labute approximate surface area is 165 Å². The van der Waals surface area contributed by atoms with Gasteiger partial charge in [-0.1, -0.05) is 6.07 Å². The van der Waals surface area contributed by atoms with E-state index in [1.807, 2.05) is 24.4 Å². The van der Waals surface area contributed by atoms with Crippen molar-refractivity contribution in [1.29, 1.82) is 0 Å². The molecule has 1 aromatic heterocycles. The number of nitrogens with one attached hydrogen (secondary N) is 1. The van der Waals surface area contributed by atoms with Gasteiger partial charge in [0.25, 0.3) is 17.1 Å². The van der Waals surface area contributed by atoms with E-state index in [1.165, 1.54) is 11.3 Å². The minimum absolute atomic E-state index is 0.134. The number of imide groups is 1. The van der Waals surface area contributed by atoms with Gasteiger partial charge in [0.05, 0.1) is 11.5 Å². The van der Waals surface area contributed by atoms with Gasteiger partial charge in [-0.05, 0) is 60.5 Å². The van der Waals surface area contributed by atoms with Crippen LogP contribution >= 0.6 is 23.1 Å². The van der Waals surface area contributed by atoms with Crippen LogP contribution in [0.1, 0.15) is 22.2 Å². The smallest absolute Gasteiger partial charge is 0.293 e. The molecule has 6 nitrogen and oxygen atoms in total. The topological polar surface area (TPSA) is 75.7 Å². The minimum Gasteiger partial charge on any atom is -0.494 e. The molecule has 2 heterocycles. The number of thioether (sulfide) groups is 1. The molecule has 1 aliphatic rings. The summed E-state index contributed by atoms with van der Waals surface area (Å²) in [6, 6.07) is 10.6. The van der Waals surface area contributed by atoms with E-state index in [0.717, 1.165) is 21.5 Å². The molecule has 3 amide bonds. The van der Waals surface area contributed by atoms with Crippen molar-refractivity contribution >= 4 is 46.2 Å². The lowest BCUT2D eigenvalue weighted by molar-refractivity contribution is -0.122. The van der Waals surface area contributed by atoms with E-state index >= 15 is 0 Å². The molecule has 0 spiro atoms. The zero-order valence-corrected chi connectivity index (χ0v) is 16.3. The third-order valence-corrected chi connectivity index (χ3v) is 5.47. The molecule has 27 heavy (non-hydrogen) atoms. The molecule has 1 fully saturated rings. The van der Waals surface area contributed by atoms with E-state index in [-0.39, 0.29) is 30.1 Å². The molecule has 0 aliphatic carbocycles. The van der Waals surface area contributed by atoms with Gasteiger partial charge in [0, 0.05) is 23.5 Å². The molecular weight excluding hydrogens is 384 g/mol. The first-order chi connectivity index (χ1) is 13.1. The summed E-state index contributed by atoms with van der Waals surface area (Å²) in [5, 5.41) is 4.31. The Morgan fingerprint density at radius 1 is 1.22 bits per heavy atom. The SMILES string of the molecule is CCOc1ccc(C(=O)NCCN2C(=O)SC(=Cc3cccs3)C2=O)cc1. The Morgan fingerprint density at radius 2 is 2.00 bits per heavy atom. The monoisotopic (exact) mass is 402 g/mol. The number of nitrogens with zero attached hydrogens (tertiary/aromatic N) is 1. The van der Waals surface area contributed by atoms with Crippen molar-refractivity contribution < 1.29 is 19.1 Å². The van der Waals surface area contributed by atoms with Crippen molar-refractivity contribution in [2.24, 2.45) is 0 Å². The molecule has 0 unspecified atom stereocenters. The molecular formula is C19H18N2O4S2. The number of benzene rings is 1. The third-order valence-electron chi connectivity index (χ3n) is 3.74. The van der Waals surface area contributed by atoms with Crippen molar-refractivity contribution in [1.82, 2.24) is 10.2 Å². The Morgan fingerprint density at radius 3 is 2.67 bits per heavy atom. The second-order valence-corrected chi connectivity index (χ2v) is 7.53. The van der Waals surface area contributed by atoms with E-state index < -0.39 is 0 Å². The number of carbonyl (C=O) groups is 3. The highest BCUT2D eigenvalue weighted by Crippen LogP contribution is 2.32. The first-order valence-electron chi connectivity index (χ1n) is 8.38. The Kier molecular flexibility index (Phi) is 6.31. The maximum absolute atomic E-state index is 12.4. The predicted octanol–water partition coefficient (Wildman–Crippen LogP) is 3.61. The first-order valence-corrected chi connectivity index (χ1v) is 10.1. The summed E-state index contributed by atoms with van der Waals surface area (Å²) >= 11 is 2.42. The highest BCUT2D eigenvalue weighted by atomic mass is 32.2. The van der Waals surface area contributed by atoms with Crippen LogP contribution in [0.4, 0.5) is 4.79 Å². The molecule has 3 rings (SSSR count). The van der Waals surface area contributed by atoms with Gasteiger partial charge in [-0.25, -0.2) is 0 Å². The zero-order chi connectivity index (χ0) is 19.2. The van der Waals surface area contributed by atoms with Gasteiger partial charge in [-0.2, -0.15) is 0 Å². The van der Waals surface area contributed by atoms with Crippen molar-refractivity contribution in [3.05, 3.63) is 57.1 Å². The van der Waals surface area contributed by atoms with E-state index in [2.05, 4.69) is 5.32 Å². The second kappa shape index (κ2) is 8.88. The van der Waals surface area contributed by atoms with Crippen molar-refractivity contribution in [2.75, 3.05) is 19.7 Å². The summed E-state index contributed by atoms with van der Waals surface area (Å²) < 4.78 is 5.34. The maximum Gasteiger partial charge on any atom is 0.293 e. The normalized spacial score (nSPS) is 15.4. The molecule has 0 saturated carbocycles. The lowest BCUT2D eigenvalue weighted by Crippen LogP contribution is -2.37. The Hall–Kier alpha value is -2.58. The van der Waals surface area contributed by atoms with Crippen LogP contribution in [-0.4, -0.2) is 41.6 Å². The molecule has 0 atom stereocenters. The molecule has 140 valence electrons. The van der Waals surface area contributed by atoms with Crippen LogP contribution < -0.4 is 10.1 Å². The van der Waals surface area contributed by atoms with Crippen LogP contribution in [0.25, 0.3) is 6.08 Å². The molecule has 8 heteroatoms. The van der Waals surface area contributed by atoms with E-state index in [9.17, 15) is 14.4 Å². The fourth-order valence-corrected chi connectivity index (χ4v) is 4.04. The fourth-order valence-electron chi connectivity index (χ4n) is 2.45. The molecule has 1 aliphatic heterocycles. The number of ether oxygens (including phenoxy) is 1. The van der Waals surface area contributed by atoms with Crippen LogP contribution in [0.5, 0.6) is 5.75 Å². The van der Waals surface area contributed by atoms with Gasteiger partial charge in [0.1, 0.15) is 5.75 Å². The van der Waals surface area contributed by atoms with Gasteiger partial charge in [0.15, 0.2) is 0 Å². The van der Waals surface area contributed by atoms with Crippen LogP contribution in [0, 0.1) is 0 Å². The van der Waals surface area contributed by atoms with Gasteiger partial charge < -0.3 is 10.1 Å². The summed E-state index contributed by atoms with van der Waals surface area (Å²) in [7, 11) is 0. The van der Waals surface area contributed by atoms with Crippen molar-refractivity contribution in [3.8, 4) is 5.75 Å². The summed E-state index contributed by atoms with van der Waals surface area (Å²) in [6.45, 7) is 2.77. The highest BCUT2D eigenvalue weighted by Gasteiger charge is 2.34. The van der Waals surface area contributed by atoms with Crippen LogP contribution in [0.15, 0.2) is 46.7 Å². The van der Waals surface area contributed by atoms with Crippen molar-refractivity contribution in [3.63, 3.8) is 0 Å². The van der Waals surface area contributed by atoms with Gasteiger partial charge in [0.2, 0.25) is 0 Å². The van der Waals surface area contributed by atoms with Crippen LogP contribution in [-0.2, 0) is 4.79 Å². The van der Waals surface area contributed by atoms with Gasteiger partial charge in [-0.3, -0.25) is 19.3 Å². The number of hydrogen-bond donors (Lipinski definition) is 1. The van der Waals surface area contributed by atoms with Gasteiger partial charge in [-0.15, -0.1) is 11.3 Å². The molecule has 0 radical (unpaired) electrons. The Balaban J connectivity index is 1.53. The minimum atomic E-state index is -0.325. The number of hydrogen-bond acceptors (Lipinski definition) is 6. The van der Waals surface area contributed by atoms with E-state index in [0.29, 0.717) is 22.8 Å². The maximum atomic E-state index is 12.4. The van der Waals surface area contributed by atoms with E-state index in [4.69, 9.17) is 4.74 Å². The summed E-state index contributed by atoms with van der Waals surface area (Å²) in [4.78, 5) is 39.1. The fraction of sp³-hybridized carbons (Fsp3) is 0.211. The lowest BCUT2D eigenvalue weighted by atomic mass is 10.2. The first kappa shape index (κ1) is 19.2. The zero-order valence-electron chi connectivity index (χ0n) is 14.6. The second-order valence-electron chi connectivity index (χ2n) is 5.56. The van der Waals surface area contributed by atoms with E-state index in [1.54, 1.807) is 30.3 Å². The number of rotatable bonds is 7. The summed E-state index contributed by atoms with van der Waals surface area (Å²) in [5.41, 5.74) is 0.491. The molecule has 1 saturated heterocycles.